The molecule has 0 aliphatic heterocycles. The van der Waals surface area contributed by atoms with Gasteiger partial charge in [-0.25, -0.2) is 0 Å². The molecule has 0 aromatic carbocycles. The smallest absolute Gasteiger partial charge is 0.234 e. The second-order valence-electron chi connectivity index (χ2n) is 3.92. The quantitative estimate of drug-likeness (QED) is 0.832. The third kappa shape index (κ3) is 3.32. The fourth-order valence-electron chi connectivity index (χ4n) is 1.51. The summed E-state index contributed by atoms with van der Waals surface area (Å²) in [6.07, 6.45) is 0. The summed E-state index contributed by atoms with van der Waals surface area (Å²) in [4.78, 5) is 14.5. The summed E-state index contributed by atoms with van der Waals surface area (Å²) in [5, 5.41) is 2.04. The van der Waals surface area contributed by atoms with Gasteiger partial charge in [0.25, 0.3) is 0 Å². The van der Waals surface area contributed by atoms with Gasteiger partial charge in [-0.05, 0) is 32.2 Å². The van der Waals surface area contributed by atoms with E-state index in [9.17, 15) is 4.79 Å². The molecule has 1 atom stereocenters. The molecule has 0 saturated carbocycles. The molecule has 1 rings (SSSR count). The van der Waals surface area contributed by atoms with Crippen LogP contribution >= 0.6 is 11.3 Å². The summed E-state index contributed by atoms with van der Waals surface area (Å²) < 4.78 is 0. The van der Waals surface area contributed by atoms with Crippen molar-refractivity contribution in [3.05, 3.63) is 22.4 Å². The average molecular weight is 226 g/mol. The third-order valence-electron chi connectivity index (χ3n) is 2.49. The highest BCUT2D eigenvalue weighted by molar-refractivity contribution is 7.09. The van der Waals surface area contributed by atoms with Gasteiger partial charge in [0.2, 0.25) is 5.91 Å². The molecule has 3 nitrogen and oxygen atoms in total. The second kappa shape index (κ2) is 5.28. The molecule has 0 saturated heterocycles. The summed E-state index contributed by atoms with van der Waals surface area (Å²) >= 11 is 1.70. The maximum atomic E-state index is 11.2. The number of amides is 1. The van der Waals surface area contributed by atoms with Crippen LogP contribution in [0, 0.1) is 0 Å². The molecule has 1 aromatic heterocycles. The largest absolute Gasteiger partial charge is 0.368 e. The third-order valence-corrected chi connectivity index (χ3v) is 3.35. The first-order valence-corrected chi connectivity index (χ1v) is 5.97. The van der Waals surface area contributed by atoms with Crippen molar-refractivity contribution in [1.29, 1.82) is 0 Å². The fourth-order valence-corrected chi connectivity index (χ4v) is 2.23. The molecule has 4 heteroatoms. The van der Waals surface area contributed by atoms with E-state index in [1.54, 1.807) is 11.3 Å². The zero-order valence-electron chi connectivity index (χ0n) is 9.43. The van der Waals surface area contributed by atoms with Crippen LogP contribution in [-0.4, -0.2) is 22.9 Å². The molecule has 1 amide bonds. The van der Waals surface area contributed by atoms with E-state index in [2.05, 4.69) is 24.8 Å². The molecule has 0 bridgehead atoms. The summed E-state index contributed by atoms with van der Waals surface area (Å²) in [6.45, 7) is 6.80. The Morgan fingerprint density at radius 3 is 2.60 bits per heavy atom. The summed E-state index contributed by atoms with van der Waals surface area (Å²) in [7, 11) is 0. The molecule has 0 aliphatic rings. The number of nitrogens with zero attached hydrogens (tertiary/aromatic N) is 1. The monoisotopic (exact) mass is 226 g/mol. The minimum atomic E-state index is -0.264. The first-order valence-electron chi connectivity index (χ1n) is 5.09. The number of thiophene rings is 1. The fraction of sp³-hybridized carbons (Fsp3) is 0.545. The first kappa shape index (κ1) is 12.2. The highest BCUT2D eigenvalue weighted by atomic mass is 32.1. The lowest BCUT2D eigenvalue weighted by molar-refractivity contribution is -0.123. The lowest BCUT2D eigenvalue weighted by atomic mass is 10.2. The molecule has 0 spiro atoms. The van der Waals surface area contributed by atoms with Crippen LogP contribution in [0.4, 0.5) is 0 Å². The van der Waals surface area contributed by atoms with Gasteiger partial charge in [-0.15, -0.1) is 11.3 Å². The normalized spacial score (nSPS) is 13.4. The average Bonchev–Trinajstić information content (AvgIpc) is 2.64. The Morgan fingerprint density at radius 1 is 1.53 bits per heavy atom. The van der Waals surface area contributed by atoms with Gasteiger partial charge in [0.1, 0.15) is 0 Å². The van der Waals surface area contributed by atoms with E-state index < -0.39 is 0 Å². The standard InChI is InChI=1S/C11H18N2OS/c1-8(2)13(9(3)11(12)14)7-10-5-4-6-15-10/h4-6,8-9H,7H2,1-3H3,(H2,12,14). The summed E-state index contributed by atoms with van der Waals surface area (Å²) in [5.74, 6) is -0.264. The number of rotatable bonds is 5. The molecule has 15 heavy (non-hydrogen) atoms. The van der Waals surface area contributed by atoms with Crippen LogP contribution in [0.25, 0.3) is 0 Å². The van der Waals surface area contributed by atoms with Gasteiger partial charge in [0, 0.05) is 17.5 Å². The molecule has 1 heterocycles. The van der Waals surface area contributed by atoms with E-state index in [4.69, 9.17) is 5.73 Å². The van der Waals surface area contributed by atoms with Crippen LogP contribution in [0.5, 0.6) is 0 Å². The first-order chi connectivity index (χ1) is 7.02. The molecule has 84 valence electrons. The van der Waals surface area contributed by atoms with Crippen LogP contribution in [0.3, 0.4) is 0 Å². The van der Waals surface area contributed by atoms with Crippen LogP contribution < -0.4 is 5.73 Å². The van der Waals surface area contributed by atoms with E-state index in [-0.39, 0.29) is 11.9 Å². The minimum absolute atomic E-state index is 0.216. The number of primary amides is 1. The number of carbonyl (C=O) groups excluding carboxylic acids is 1. The van der Waals surface area contributed by atoms with E-state index in [1.807, 2.05) is 18.4 Å². The van der Waals surface area contributed by atoms with Gasteiger partial charge in [-0.3, -0.25) is 9.69 Å². The molecular weight excluding hydrogens is 208 g/mol. The highest BCUT2D eigenvalue weighted by Gasteiger charge is 2.21. The molecule has 0 fully saturated rings. The van der Waals surface area contributed by atoms with Crippen LogP contribution in [0.15, 0.2) is 17.5 Å². The number of nitrogens with two attached hydrogens (primary N) is 1. The SMILES string of the molecule is CC(C)N(Cc1cccs1)C(C)C(N)=O. The number of hydrogen-bond acceptors (Lipinski definition) is 3. The van der Waals surface area contributed by atoms with Crippen molar-refractivity contribution in [3.8, 4) is 0 Å². The molecule has 1 unspecified atom stereocenters. The van der Waals surface area contributed by atoms with E-state index in [0.717, 1.165) is 6.54 Å². The van der Waals surface area contributed by atoms with Gasteiger partial charge in [0.15, 0.2) is 0 Å². The van der Waals surface area contributed by atoms with Gasteiger partial charge < -0.3 is 5.73 Å². The topological polar surface area (TPSA) is 46.3 Å². The van der Waals surface area contributed by atoms with Crippen molar-refractivity contribution < 1.29 is 4.79 Å². The van der Waals surface area contributed by atoms with Crippen molar-refractivity contribution >= 4 is 17.2 Å². The van der Waals surface area contributed by atoms with Gasteiger partial charge in [0.05, 0.1) is 6.04 Å². The predicted molar refractivity (Wildman–Crippen MR) is 63.7 cm³/mol. The van der Waals surface area contributed by atoms with Crippen molar-refractivity contribution in [3.63, 3.8) is 0 Å². The minimum Gasteiger partial charge on any atom is -0.368 e. The van der Waals surface area contributed by atoms with Gasteiger partial charge in [-0.1, -0.05) is 6.07 Å². The zero-order chi connectivity index (χ0) is 11.4. The van der Waals surface area contributed by atoms with Crippen molar-refractivity contribution in [2.24, 2.45) is 5.73 Å². The van der Waals surface area contributed by atoms with Gasteiger partial charge >= 0.3 is 0 Å². The number of carbonyl (C=O) groups is 1. The lowest BCUT2D eigenvalue weighted by Gasteiger charge is -2.30. The Bertz CT molecular complexity index is 308. The Balaban J connectivity index is 2.71. The Hall–Kier alpha value is -0.870. The van der Waals surface area contributed by atoms with Crippen molar-refractivity contribution in [1.82, 2.24) is 4.90 Å². The van der Waals surface area contributed by atoms with Crippen LogP contribution in [0.1, 0.15) is 25.6 Å². The molecule has 1 aromatic rings. The maximum absolute atomic E-state index is 11.2. The molecular formula is C11H18N2OS. The Kier molecular flexibility index (Phi) is 4.29. The summed E-state index contributed by atoms with van der Waals surface area (Å²) in [6, 6.07) is 4.20. The maximum Gasteiger partial charge on any atom is 0.234 e. The van der Waals surface area contributed by atoms with E-state index in [0.29, 0.717) is 6.04 Å². The molecule has 0 aliphatic carbocycles. The van der Waals surface area contributed by atoms with Crippen molar-refractivity contribution in [2.45, 2.75) is 39.4 Å². The van der Waals surface area contributed by atoms with E-state index in [1.165, 1.54) is 4.88 Å². The molecule has 0 radical (unpaired) electrons. The number of hydrogen-bond donors (Lipinski definition) is 1. The van der Waals surface area contributed by atoms with Crippen LogP contribution in [-0.2, 0) is 11.3 Å². The van der Waals surface area contributed by atoms with Crippen molar-refractivity contribution in [2.75, 3.05) is 0 Å². The Morgan fingerprint density at radius 2 is 2.20 bits per heavy atom. The highest BCUT2D eigenvalue weighted by Crippen LogP contribution is 2.16. The Labute approximate surface area is 94.9 Å². The summed E-state index contributed by atoms with van der Waals surface area (Å²) in [5.41, 5.74) is 5.33. The van der Waals surface area contributed by atoms with Gasteiger partial charge in [-0.2, -0.15) is 0 Å². The van der Waals surface area contributed by atoms with Crippen LogP contribution in [0.2, 0.25) is 0 Å². The van der Waals surface area contributed by atoms with E-state index >= 15 is 0 Å². The lowest BCUT2D eigenvalue weighted by Crippen LogP contribution is -2.45. The zero-order valence-corrected chi connectivity index (χ0v) is 10.3. The second-order valence-corrected chi connectivity index (χ2v) is 4.96. The predicted octanol–water partition coefficient (Wildman–Crippen LogP) is 1.83. The molecule has 2 N–H and O–H groups in total.